The van der Waals surface area contributed by atoms with E-state index in [0.29, 0.717) is 11.3 Å². The molecule has 2 aliphatic heterocycles. The average molecular weight is 512 g/mol. The van der Waals surface area contributed by atoms with Crippen molar-refractivity contribution >= 4 is 23.8 Å². The van der Waals surface area contributed by atoms with Crippen LogP contribution in [0.25, 0.3) is 0 Å². The molecule has 4 N–H and O–H groups in total. The third-order valence-corrected chi connectivity index (χ3v) is 9.15. The van der Waals surface area contributed by atoms with Gasteiger partial charge < -0.3 is 21.1 Å². The number of fused-ring (bicyclic) bond motifs is 1. The van der Waals surface area contributed by atoms with Crippen molar-refractivity contribution in [2.45, 2.75) is 152 Å². The molecular formula is C28H53N3O3S. The molecule has 7 heteroatoms. The van der Waals surface area contributed by atoms with Gasteiger partial charge in [-0.25, -0.2) is 4.79 Å². The van der Waals surface area contributed by atoms with Crippen LogP contribution in [0.15, 0.2) is 0 Å². The van der Waals surface area contributed by atoms with Crippen LogP contribution in [0.2, 0.25) is 0 Å². The van der Waals surface area contributed by atoms with Crippen LogP contribution in [0, 0.1) is 0 Å². The number of carboxylic acid groups (broad SMARTS) is 1. The van der Waals surface area contributed by atoms with E-state index in [0.717, 1.165) is 57.2 Å². The van der Waals surface area contributed by atoms with Crippen LogP contribution in [-0.2, 0) is 4.79 Å². The standard InChI is InChI=1S/C28H53N3O3S/c1-2-3-4-5-6-7-8-9-10-11-12-13-14-16-19-23(27(32)33)29-21-18-15-17-20-25-26-24(22-35-25)30-28(34)31-26/h23-26,29H,2-22H2,1H3,(H,32,33)(H2,30,31,34)/t23?,24-,25-,26-/m0/s1. The third-order valence-electron chi connectivity index (χ3n) is 7.64. The molecule has 2 rings (SSSR count). The van der Waals surface area contributed by atoms with Crippen molar-refractivity contribution in [1.29, 1.82) is 0 Å². The fourth-order valence-electron chi connectivity index (χ4n) is 5.42. The van der Waals surface area contributed by atoms with Gasteiger partial charge in [-0.05, 0) is 25.8 Å². The lowest BCUT2D eigenvalue weighted by molar-refractivity contribution is -0.139. The number of hydrogen-bond donors (Lipinski definition) is 4. The number of urea groups is 1. The van der Waals surface area contributed by atoms with E-state index < -0.39 is 12.0 Å². The lowest BCUT2D eigenvalue weighted by Gasteiger charge is -2.17. The highest BCUT2D eigenvalue weighted by atomic mass is 32.2. The van der Waals surface area contributed by atoms with Crippen molar-refractivity contribution in [3.05, 3.63) is 0 Å². The lowest BCUT2D eigenvalue weighted by atomic mass is 10.0. The van der Waals surface area contributed by atoms with Crippen LogP contribution in [0.1, 0.15) is 129 Å². The normalized spacial score (nSPS) is 22.1. The van der Waals surface area contributed by atoms with Crippen LogP contribution in [-0.4, -0.2) is 52.8 Å². The summed E-state index contributed by atoms with van der Waals surface area (Å²) in [5, 5.41) is 19.3. The van der Waals surface area contributed by atoms with Gasteiger partial charge in [-0.15, -0.1) is 0 Å². The number of carboxylic acids is 1. The SMILES string of the molecule is CCCCCCCCCCCCCCCCC(NCCCCC[C@@H]1SC[C@@H]2NC(=O)N[C@@H]21)C(=O)O. The highest BCUT2D eigenvalue weighted by Gasteiger charge is 2.42. The molecule has 2 amide bonds. The maximum Gasteiger partial charge on any atom is 0.320 e. The summed E-state index contributed by atoms with van der Waals surface area (Å²) in [5.41, 5.74) is 0. The van der Waals surface area contributed by atoms with E-state index in [1.165, 1.54) is 77.0 Å². The Morgan fingerprint density at radius 1 is 0.886 bits per heavy atom. The van der Waals surface area contributed by atoms with Crippen LogP contribution >= 0.6 is 11.8 Å². The zero-order chi connectivity index (χ0) is 25.1. The topological polar surface area (TPSA) is 90.5 Å². The van der Waals surface area contributed by atoms with Gasteiger partial charge in [-0.2, -0.15) is 11.8 Å². The van der Waals surface area contributed by atoms with Crippen molar-refractivity contribution in [1.82, 2.24) is 16.0 Å². The predicted molar refractivity (Wildman–Crippen MR) is 148 cm³/mol. The van der Waals surface area contributed by atoms with Gasteiger partial charge in [0.15, 0.2) is 0 Å². The van der Waals surface area contributed by atoms with Crippen molar-refractivity contribution in [2.24, 2.45) is 0 Å². The molecule has 2 heterocycles. The number of unbranched alkanes of at least 4 members (excludes halogenated alkanes) is 15. The van der Waals surface area contributed by atoms with Gasteiger partial charge >= 0.3 is 12.0 Å². The number of carbonyl (C=O) groups excluding carboxylic acids is 1. The first-order valence-electron chi connectivity index (χ1n) is 14.8. The monoisotopic (exact) mass is 511 g/mol. The molecule has 2 aliphatic rings. The van der Waals surface area contributed by atoms with Gasteiger partial charge in [0.2, 0.25) is 0 Å². The Morgan fingerprint density at radius 2 is 1.46 bits per heavy atom. The smallest absolute Gasteiger partial charge is 0.320 e. The van der Waals surface area contributed by atoms with Crippen LogP contribution in [0.4, 0.5) is 4.79 Å². The summed E-state index contributed by atoms with van der Waals surface area (Å²) in [7, 11) is 0. The number of thioether (sulfide) groups is 1. The second-order valence-corrected chi connectivity index (χ2v) is 12.0. The molecule has 0 aromatic rings. The number of nitrogens with one attached hydrogen (secondary N) is 3. The van der Waals surface area contributed by atoms with Gasteiger partial charge in [0.1, 0.15) is 6.04 Å². The fraction of sp³-hybridized carbons (Fsp3) is 0.929. The van der Waals surface area contributed by atoms with Gasteiger partial charge in [-0.3, -0.25) is 4.79 Å². The molecule has 0 radical (unpaired) electrons. The van der Waals surface area contributed by atoms with Gasteiger partial charge in [0, 0.05) is 11.0 Å². The Hall–Kier alpha value is -0.950. The molecule has 0 aromatic heterocycles. The largest absolute Gasteiger partial charge is 0.480 e. The minimum absolute atomic E-state index is 0.0204. The molecule has 0 saturated carbocycles. The summed E-state index contributed by atoms with van der Waals surface area (Å²) in [6, 6.07) is 0.156. The fourth-order valence-corrected chi connectivity index (χ4v) is 6.97. The van der Waals surface area contributed by atoms with Gasteiger partial charge in [0.25, 0.3) is 0 Å². The quantitative estimate of drug-likeness (QED) is 0.0913. The molecule has 0 aromatic carbocycles. The minimum Gasteiger partial charge on any atom is -0.480 e. The number of rotatable bonds is 23. The second kappa shape index (κ2) is 19.2. The van der Waals surface area contributed by atoms with E-state index in [1.807, 2.05) is 11.8 Å². The first kappa shape index (κ1) is 30.3. The van der Waals surface area contributed by atoms with E-state index in [2.05, 4.69) is 22.9 Å². The summed E-state index contributed by atoms with van der Waals surface area (Å²) in [6.07, 6.45) is 23.6. The van der Waals surface area contributed by atoms with Crippen molar-refractivity contribution in [3.63, 3.8) is 0 Å². The molecule has 35 heavy (non-hydrogen) atoms. The Kier molecular flexibility index (Phi) is 16.6. The second-order valence-electron chi connectivity index (χ2n) is 10.7. The molecule has 2 fully saturated rings. The van der Waals surface area contributed by atoms with Crippen molar-refractivity contribution in [3.8, 4) is 0 Å². The maximum absolute atomic E-state index is 11.6. The van der Waals surface area contributed by atoms with Gasteiger partial charge in [-0.1, -0.05) is 110 Å². The van der Waals surface area contributed by atoms with E-state index in [-0.39, 0.29) is 12.1 Å². The Morgan fingerprint density at radius 3 is 2.06 bits per heavy atom. The van der Waals surface area contributed by atoms with E-state index in [9.17, 15) is 14.7 Å². The summed E-state index contributed by atoms with van der Waals surface area (Å²) >= 11 is 1.96. The highest BCUT2D eigenvalue weighted by molar-refractivity contribution is 8.00. The highest BCUT2D eigenvalue weighted by Crippen LogP contribution is 2.33. The van der Waals surface area contributed by atoms with Gasteiger partial charge in [0.05, 0.1) is 12.1 Å². The first-order chi connectivity index (χ1) is 17.1. The summed E-state index contributed by atoms with van der Waals surface area (Å²) in [6.45, 7) is 3.05. The molecule has 0 spiro atoms. The van der Waals surface area contributed by atoms with Crippen molar-refractivity contribution < 1.29 is 14.7 Å². The Balaban J connectivity index is 1.36. The molecule has 6 nitrogen and oxygen atoms in total. The third kappa shape index (κ3) is 13.2. The first-order valence-corrected chi connectivity index (χ1v) is 15.8. The summed E-state index contributed by atoms with van der Waals surface area (Å²) in [5.74, 6) is 0.299. The summed E-state index contributed by atoms with van der Waals surface area (Å²) < 4.78 is 0. The predicted octanol–water partition coefficient (Wildman–Crippen LogP) is 6.63. The average Bonchev–Trinajstić information content (AvgIpc) is 3.39. The van der Waals surface area contributed by atoms with Crippen LogP contribution in [0.5, 0.6) is 0 Å². The molecule has 4 atom stereocenters. The van der Waals surface area contributed by atoms with Crippen LogP contribution in [0.3, 0.4) is 0 Å². The molecule has 1 unspecified atom stereocenters. The zero-order valence-electron chi connectivity index (χ0n) is 22.3. The number of carbonyl (C=O) groups is 2. The number of amides is 2. The van der Waals surface area contributed by atoms with E-state index in [4.69, 9.17) is 0 Å². The molecule has 0 aliphatic carbocycles. The lowest BCUT2D eigenvalue weighted by Crippen LogP contribution is -2.37. The van der Waals surface area contributed by atoms with E-state index in [1.54, 1.807) is 0 Å². The molecule has 204 valence electrons. The molecule has 0 bridgehead atoms. The number of hydrogen-bond acceptors (Lipinski definition) is 4. The Bertz CT molecular complexity index is 578. The Labute approximate surface area is 218 Å². The summed E-state index contributed by atoms with van der Waals surface area (Å²) in [4.78, 5) is 23.1. The molecular weight excluding hydrogens is 458 g/mol. The van der Waals surface area contributed by atoms with E-state index >= 15 is 0 Å². The zero-order valence-corrected chi connectivity index (χ0v) is 23.1. The minimum atomic E-state index is -0.711. The molecule has 2 saturated heterocycles. The number of aliphatic carboxylic acids is 1. The van der Waals surface area contributed by atoms with Crippen molar-refractivity contribution in [2.75, 3.05) is 12.3 Å². The maximum atomic E-state index is 11.6. The van der Waals surface area contributed by atoms with Crippen LogP contribution < -0.4 is 16.0 Å².